The molecule has 2 aliphatic rings. The Labute approximate surface area is 173 Å². The van der Waals surface area contributed by atoms with Crippen molar-refractivity contribution in [1.29, 1.82) is 0 Å². The van der Waals surface area contributed by atoms with E-state index in [0.29, 0.717) is 43.1 Å². The van der Waals surface area contributed by atoms with Gasteiger partial charge in [0.2, 0.25) is 21.1 Å². The predicted molar refractivity (Wildman–Crippen MR) is 108 cm³/mol. The highest BCUT2D eigenvalue weighted by atomic mass is 32.2. The molecule has 0 unspecified atom stereocenters. The van der Waals surface area contributed by atoms with Gasteiger partial charge in [-0.3, -0.25) is 9.89 Å². The van der Waals surface area contributed by atoms with Gasteiger partial charge >= 0.3 is 0 Å². The van der Waals surface area contributed by atoms with Crippen molar-refractivity contribution in [2.45, 2.75) is 35.7 Å². The van der Waals surface area contributed by atoms with Crippen molar-refractivity contribution in [1.82, 2.24) is 19.5 Å². The number of nitrogens with one attached hydrogen (secondary N) is 2. The first-order chi connectivity index (χ1) is 13.9. The van der Waals surface area contributed by atoms with Crippen LogP contribution < -0.4 is 5.32 Å². The van der Waals surface area contributed by atoms with Gasteiger partial charge in [0.05, 0.1) is 23.9 Å². The summed E-state index contributed by atoms with van der Waals surface area (Å²) in [7, 11) is -3.62. The average molecular weight is 438 g/mol. The molecular formula is C18H23N5O4S2. The SMILES string of the molecule is Cc1ccc(S(=O)(=O)N2CCOCC2)cc1NC(=O)CSc1n[nH]c(C2CC2)n1. The van der Waals surface area contributed by atoms with Crippen molar-refractivity contribution in [2.24, 2.45) is 0 Å². The zero-order valence-electron chi connectivity index (χ0n) is 16.1. The molecular weight excluding hydrogens is 414 g/mol. The third-order valence-electron chi connectivity index (χ3n) is 4.87. The summed E-state index contributed by atoms with van der Waals surface area (Å²) < 4.78 is 32.3. The molecule has 2 N–H and O–H groups in total. The Balaban J connectivity index is 1.40. The highest BCUT2D eigenvalue weighted by molar-refractivity contribution is 7.99. The van der Waals surface area contributed by atoms with Crippen LogP contribution in [0.5, 0.6) is 0 Å². The molecule has 4 rings (SSSR count). The quantitative estimate of drug-likeness (QED) is 0.634. The van der Waals surface area contributed by atoms with E-state index in [1.165, 1.54) is 22.1 Å². The molecule has 0 bridgehead atoms. The molecule has 156 valence electrons. The number of anilines is 1. The van der Waals surface area contributed by atoms with E-state index in [1.807, 2.05) is 6.92 Å². The summed E-state index contributed by atoms with van der Waals surface area (Å²) >= 11 is 1.25. The van der Waals surface area contributed by atoms with Crippen LogP contribution in [0.3, 0.4) is 0 Å². The molecule has 1 aromatic carbocycles. The zero-order valence-corrected chi connectivity index (χ0v) is 17.7. The van der Waals surface area contributed by atoms with Crippen LogP contribution in [-0.2, 0) is 19.6 Å². The third-order valence-corrected chi connectivity index (χ3v) is 7.61. The summed E-state index contributed by atoms with van der Waals surface area (Å²) in [5, 5.41) is 10.4. The second kappa shape index (κ2) is 8.42. The van der Waals surface area contributed by atoms with Gasteiger partial charge in [0, 0.05) is 24.7 Å². The molecule has 1 saturated heterocycles. The number of H-pyrrole nitrogens is 1. The summed E-state index contributed by atoms with van der Waals surface area (Å²) in [5.41, 5.74) is 1.27. The van der Waals surface area contributed by atoms with Gasteiger partial charge in [-0.25, -0.2) is 13.4 Å². The van der Waals surface area contributed by atoms with Gasteiger partial charge in [-0.15, -0.1) is 5.10 Å². The minimum absolute atomic E-state index is 0.141. The normalized spacial score (nSPS) is 18.0. The Bertz CT molecular complexity index is 997. The van der Waals surface area contributed by atoms with Crippen LogP contribution in [0.15, 0.2) is 28.3 Å². The Hall–Kier alpha value is -1.95. The van der Waals surface area contributed by atoms with Gasteiger partial charge in [-0.05, 0) is 37.5 Å². The predicted octanol–water partition coefficient (Wildman–Crippen LogP) is 1.74. The summed E-state index contributed by atoms with van der Waals surface area (Å²) in [6, 6.07) is 4.78. The maximum absolute atomic E-state index is 12.8. The number of amides is 1. The van der Waals surface area contributed by atoms with E-state index < -0.39 is 10.0 Å². The number of thioether (sulfide) groups is 1. The summed E-state index contributed by atoms with van der Waals surface area (Å²) in [6.45, 7) is 3.25. The molecule has 1 saturated carbocycles. The molecule has 1 aromatic heterocycles. The van der Waals surface area contributed by atoms with E-state index in [0.717, 1.165) is 24.2 Å². The largest absolute Gasteiger partial charge is 0.379 e. The number of hydrogen-bond donors (Lipinski definition) is 2. The highest BCUT2D eigenvalue weighted by Crippen LogP contribution is 2.38. The Kier molecular flexibility index (Phi) is 5.91. The number of morpholine rings is 1. The molecule has 1 aliphatic carbocycles. The Morgan fingerprint density at radius 2 is 2.10 bits per heavy atom. The number of aromatic amines is 1. The minimum Gasteiger partial charge on any atom is -0.379 e. The minimum atomic E-state index is -3.62. The number of aromatic nitrogens is 3. The van der Waals surface area contributed by atoms with E-state index in [1.54, 1.807) is 12.1 Å². The number of ether oxygens (including phenoxy) is 1. The first-order valence-electron chi connectivity index (χ1n) is 9.47. The van der Waals surface area contributed by atoms with Gasteiger partial charge < -0.3 is 10.1 Å². The monoisotopic (exact) mass is 437 g/mol. The molecule has 0 atom stereocenters. The number of benzene rings is 1. The Morgan fingerprint density at radius 1 is 1.34 bits per heavy atom. The van der Waals surface area contributed by atoms with Crippen LogP contribution in [0.25, 0.3) is 0 Å². The molecule has 1 aliphatic heterocycles. The lowest BCUT2D eigenvalue weighted by Crippen LogP contribution is -2.40. The zero-order chi connectivity index (χ0) is 20.4. The van der Waals surface area contributed by atoms with Crippen molar-refractivity contribution >= 4 is 33.4 Å². The van der Waals surface area contributed by atoms with Crippen LogP contribution in [-0.4, -0.2) is 65.9 Å². The van der Waals surface area contributed by atoms with Crippen molar-refractivity contribution in [3.8, 4) is 0 Å². The second-order valence-corrected chi connectivity index (χ2v) is 9.99. The highest BCUT2D eigenvalue weighted by Gasteiger charge is 2.28. The fourth-order valence-electron chi connectivity index (χ4n) is 3.01. The number of hydrogen-bond acceptors (Lipinski definition) is 7. The van der Waals surface area contributed by atoms with E-state index in [4.69, 9.17) is 4.74 Å². The molecule has 2 heterocycles. The molecule has 9 nitrogen and oxygen atoms in total. The summed E-state index contributed by atoms with van der Waals surface area (Å²) in [6.07, 6.45) is 2.26. The van der Waals surface area contributed by atoms with Gasteiger partial charge in [-0.1, -0.05) is 17.8 Å². The average Bonchev–Trinajstić information content (AvgIpc) is 3.46. The number of nitrogens with zero attached hydrogens (tertiary/aromatic N) is 3. The molecule has 0 radical (unpaired) electrons. The molecule has 11 heteroatoms. The van der Waals surface area contributed by atoms with Crippen molar-refractivity contribution < 1.29 is 17.9 Å². The first-order valence-corrected chi connectivity index (χ1v) is 11.9. The lowest BCUT2D eigenvalue weighted by Gasteiger charge is -2.26. The Morgan fingerprint density at radius 3 is 2.83 bits per heavy atom. The number of carbonyl (C=O) groups excluding carboxylic acids is 1. The van der Waals surface area contributed by atoms with Crippen LogP contribution in [0.4, 0.5) is 5.69 Å². The van der Waals surface area contributed by atoms with Gasteiger partial charge in [-0.2, -0.15) is 4.31 Å². The van der Waals surface area contributed by atoms with Crippen LogP contribution in [0.2, 0.25) is 0 Å². The van der Waals surface area contributed by atoms with Gasteiger partial charge in [0.15, 0.2) is 0 Å². The lowest BCUT2D eigenvalue weighted by molar-refractivity contribution is -0.113. The topological polar surface area (TPSA) is 117 Å². The summed E-state index contributed by atoms with van der Waals surface area (Å²) in [5.74, 6) is 1.26. The van der Waals surface area contributed by atoms with E-state index in [9.17, 15) is 13.2 Å². The fourth-order valence-corrected chi connectivity index (χ4v) is 5.05. The molecule has 29 heavy (non-hydrogen) atoms. The van der Waals surface area contributed by atoms with E-state index in [2.05, 4.69) is 20.5 Å². The smallest absolute Gasteiger partial charge is 0.243 e. The second-order valence-electron chi connectivity index (χ2n) is 7.11. The van der Waals surface area contributed by atoms with Crippen molar-refractivity contribution in [2.75, 3.05) is 37.4 Å². The van der Waals surface area contributed by atoms with Crippen LogP contribution >= 0.6 is 11.8 Å². The maximum atomic E-state index is 12.8. The standard InChI is InChI=1S/C18H23N5O4S2/c1-12-2-5-14(29(25,26)23-6-8-27-9-7-23)10-15(12)19-16(24)11-28-18-20-17(21-22-18)13-3-4-13/h2,5,10,13H,3-4,6-9,11H2,1H3,(H,19,24)(H,20,21,22). The van der Waals surface area contributed by atoms with E-state index >= 15 is 0 Å². The van der Waals surface area contributed by atoms with Crippen LogP contribution in [0.1, 0.15) is 30.1 Å². The molecule has 0 spiro atoms. The maximum Gasteiger partial charge on any atom is 0.243 e. The molecule has 2 fully saturated rings. The molecule has 2 aromatic rings. The number of sulfonamides is 1. The van der Waals surface area contributed by atoms with Gasteiger partial charge in [0.1, 0.15) is 5.82 Å². The number of carbonyl (C=O) groups is 1. The van der Waals surface area contributed by atoms with Crippen molar-refractivity contribution in [3.05, 3.63) is 29.6 Å². The first kappa shape index (κ1) is 20.3. The van der Waals surface area contributed by atoms with Crippen molar-refractivity contribution in [3.63, 3.8) is 0 Å². The number of rotatable bonds is 7. The molecule has 1 amide bonds. The van der Waals surface area contributed by atoms with E-state index in [-0.39, 0.29) is 16.6 Å². The summed E-state index contributed by atoms with van der Waals surface area (Å²) in [4.78, 5) is 16.9. The number of aryl methyl sites for hydroxylation is 1. The van der Waals surface area contributed by atoms with Gasteiger partial charge in [0.25, 0.3) is 0 Å². The third kappa shape index (κ3) is 4.80. The fraction of sp³-hybridized carbons (Fsp3) is 0.500. The lowest BCUT2D eigenvalue weighted by atomic mass is 10.2. The van der Waals surface area contributed by atoms with Crippen LogP contribution in [0, 0.1) is 6.92 Å².